The molecule has 0 saturated heterocycles. The largest absolute Gasteiger partial charge is 0.353 e. The maximum Gasteiger partial charge on any atom is 0.196 e. The van der Waals surface area contributed by atoms with E-state index in [1.807, 2.05) is 6.07 Å². The van der Waals surface area contributed by atoms with Crippen LogP contribution in [0.25, 0.3) is 0 Å². The third kappa shape index (κ3) is 2.64. The van der Waals surface area contributed by atoms with Crippen molar-refractivity contribution < 1.29 is 13.2 Å². The molecular weight excluding hydrogens is 277 g/mol. The van der Waals surface area contributed by atoms with Crippen molar-refractivity contribution in [3.05, 3.63) is 58.4 Å². The van der Waals surface area contributed by atoms with Crippen molar-refractivity contribution in [2.75, 3.05) is 5.32 Å². The monoisotopic (exact) mass is 282 g/mol. The van der Waals surface area contributed by atoms with E-state index in [4.69, 9.17) is 16.9 Å². The fourth-order valence-electron chi connectivity index (χ4n) is 1.46. The van der Waals surface area contributed by atoms with Gasteiger partial charge in [0.25, 0.3) is 0 Å². The lowest BCUT2D eigenvalue weighted by molar-refractivity contribution is 0.449. The zero-order valence-electron chi connectivity index (χ0n) is 9.35. The summed E-state index contributed by atoms with van der Waals surface area (Å²) in [7, 11) is 0. The summed E-state index contributed by atoms with van der Waals surface area (Å²) >= 11 is 5.80. The summed E-state index contributed by atoms with van der Waals surface area (Å²) in [5.74, 6) is -4.13. The summed E-state index contributed by atoms with van der Waals surface area (Å²) in [5.41, 5.74) is 0.395. The van der Waals surface area contributed by atoms with Crippen molar-refractivity contribution >= 4 is 23.0 Å². The molecule has 0 heterocycles. The lowest BCUT2D eigenvalue weighted by Gasteiger charge is -2.09. The van der Waals surface area contributed by atoms with E-state index in [1.54, 1.807) is 0 Å². The van der Waals surface area contributed by atoms with Crippen LogP contribution in [0.15, 0.2) is 30.3 Å². The number of benzene rings is 2. The third-order valence-electron chi connectivity index (χ3n) is 2.40. The van der Waals surface area contributed by atoms with Gasteiger partial charge >= 0.3 is 0 Å². The van der Waals surface area contributed by atoms with Crippen LogP contribution in [-0.4, -0.2) is 0 Å². The predicted molar refractivity (Wildman–Crippen MR) is 65.8 cm³/mol. The highest BCUT2D eigenvalue weighted by molar-refractivity contribution is 6.32. The Balaban J connectivity index is 2.35. The minimum absolute atomic E-state index is 0.176. The number of anilines is 2. The SMILES string of the molecule is N#Cc1ccc(Nc2ccc(F)c(F)c2F)cc1Cl. The lowest BCUT2D eigenvalue weighted by Crippen LogP contribution is -1.98. The summed E-state index contributed by atoms with van der Waals surface area (Å²) in [6.45, 7) is 0. The van der Waals surface area contributed by atoms with Gasteiger partial charge in [-0.2, -0.15) is 5.26 Å². The van der Waals surface area contributed by atoms with Crippen LogP contribution < -0.4 is 5.32 Å². The fraction of sp³-hybridized carbons (Fsp3) is 0. The van der Waals surface area contributed by atoms with Crippen molar-refractivity contribution in [3.63, 3.8) is 0 Å². The van der Waals surface area contributed by atoms with Gasteiger partial charge in [0.1, 0.15) is 6.07 Å². The van der Waals surface area contributed by atoms with Crippen molar-refractivity contribution in [1.29, 1.82) is 5.26 Å². The highest BCUT2D eigenvalue weighted by atomic mass is 35.5. The van der Waals surface area contributed by atoms with Crippen LogP contribution in [0, 0.1) is 28.8 Å². The molecule has 0 radical (unpaired) electrons. The van der Waals surface area contributed by atoms with E-state index in [0.717, 1.165) is 12.1 Å². The van der Waals surface area contributed by atoms with E-state index in [9.17, 15) is 13.2 Å². The normalized spacial score (nSPS) is 10.1. The Morgan fingerprint density at radius 3 is 2.42 bits per heavy atom. The summed E-state index contributed by atoms with van der Waals surface area (Å²) in [4.78, 5) is 0. The number of halogens is 4. The van der Waals surface area contributed by atoms with Crippen molar-refractivity contribution in [2.24, 2.45) is 0 Å². The van der Waals surface area contributed by atoms with Gasteiger partial charge in [-0.05, 0) is 30.3 Å². The van der Waals surface area contributed by atoms with E-state index in [0.29, 0.717) is 5.69 Å². The highest BCUT2D eigenvalue weighted by Crippen LogP contribution is 2.26. The minimum atomic E-state index is -1.55. The molecule has 0 amide bonds. The zero-order valence-corrected chi connectivity index (χ0v) is 10.1. The van der Waals surface area contributed by atoms with E-state index < -0.39 is 17.5 Å². The molecule has 2 rings (SSSR count). The van der Waals surface area contributed by atoms with Crippen molar-refractivity contribution in [2.45, 2.75) is 0 Å². The Hall–Kier alpha value is -2.19. The van der Waals surface area contributed by atoms with Gasteiger partial charge in [-0.1, -0.05) is 11.6 Å². The van der Waals surface area contributed by atoms with E-state index in [-0.39, 0.29) is 16.3 Å². The molecule has 0 aliphatic rings. The first-order chi connectivity index (χ1) is 9.02. The molecule has 0 atom stereocenters. The number of rotatable bonds is 2. The Labute approximate surface area is 112 Å². The smallest absolute Gasteiger partial charge is 0.196 e. The first-order valence-electron chi connectivity index (χ1n) is 5.13. The Kier molecular flexibility index (Phi) is 3.63. The predicted octanol–water partition coefficient (Wildman–Crippen LogP) is 4.37. The summed E-state index contributed by atoms with van der Waals surface area (Å²) in [6.07, 6.45) is 0. The van der Waals surface area contributed by atoms with Gasteiger partial charge in [0.05, 0.1) is 16.3 Å². The van der Waals surface area contributed by atoms with E-state index in [1.165, 1.54) is 18.2 Å². The average molecular weight is 283 g/mol. The van der Waals surface area contributed by atoms with E-state index >= 15 is 0 Å². The molecule has 0 saturated carbocycles. The molecule has 0 unspecified atom stereocenters. The number of hydrogen-bond donors (Lipinski definition) is 1. The lowest BCUT2D eigenvalue weighted by atomic mass is 10.2. The molecule has 0 aromatic heterocycles. The molecule has 2 aromatic rings. The van der Waals surface area contributed by atoms with Gasteiger partial charge in [0.15, 0.2) is 17.5 Å². The summed E-state index contributed by atoms with van der Waals surface area (Å²) in [6, 6.07) is 8.05. The van der Waals surface area contributed by atoms with Gasteiger partial charge in [0, 0.05) is 5.69 Å². The van der Waals surface area contributed by atoms with Gasteiger partial charge < -0.3 is 5.32 Å². The molecule has 0 aliphatic heterocycles. The second kappa shape index (κ2) is 5.21. The second-order valence-electron chi connectivity index (χ2n) is 3.65. The van der Waals surface area contributed by atoms with Crippen LogP contribution in [0.3, 0.4) is 0 Å². The molecule has 0 bridgehead atoms. The fourth-order valence-corrected chi connectivity index (χ4v) is 1.68. The van der Waals surface area contributed by atoms with Gasteiger partial charge in [-0.25, -0.2) is 13.2 Å². The molecule has 2 aromatic carbocycles. The molecule has 1 N–H and O–H groups in total. The average Bonchev–Trinajstić information content (AvgIpc) is 2.40. The molecule has 96 valence electrons. The molecule has 0 aliphatic carbocycles. The van der Waals surface area contributed by atoms with Gasteiger partial charge in [-0.15, -0.1) is 0 Å². The van der Waals surface area contributed by atoms with Gasteiger partial charge in [0.2, 0.25) is 0 Å². The molecule has 0 spiro atoms. The van der Waals surface area contributed by atoms with Crippen LogP contribution in [0.4, 0.5) is 24.5 Å². The maximum atomic E-state index is 13.4. The van der Waals surface area contributed by atoms with E-state index in [2.05, 4.69) is 5.32 Å². The summed E-state index contributed by atoms with van der Waals surface area (Å²) < 4.78 is 39.2. The Morgan fingerprint density at radius 1 is 1.05 bits per heavy atom. The van der Waals surface area contributed by atoms with Crippen LogP contribution in [-0.2, 0) is 0 Å². The molecule has 6 heteroatoms. The van der Waals surface area contributed by atoms with Gasteiger partial charge in [-0.3, -0.25) is 0 Å². The number of nitrogens with zero attached hydrogens (tertiary/aromatic N) is 1. The third-order valence-corrected chi connectivity index (χ3v) is 2.72. The number of hydrogen-bond acceptors (Lipinski definition) is 2. The first-order valence-corrected chi connectivity index (χ1v) is 5.51. The van der Waals surface area contributed by atoms with Crippen molar-refractivity contribution in [3.8, 4) is 6.07 Å². The number of nitriles is 1. The maximum absolute atomic E-state index is 13.4. The first kappa shape index (κ1) is 13.2. The van der Waals surface area contributed by atoms with Crippen LogP contribution >= 0.6 is 11.6 Å². The topological polar surface area (TPSA) is 35.8 Å². The van der Waals surface area contributed by atoms with Crippen LogP contribution in [0.2, 0.25) is 5.02 Å². The second-order valence-corrected chi connectivity index (χ2v) is 4.06. The summed E-state index contributed by atoms with van der Waals surface area (Å²) in [5, 5.41) is 11.4. The standard InChI is InChI=1S/C13H6ClF3N2/c14-9-5-8(2-1-7(9)6-18)19-11-4-3-10(15)12(16)13(11)17/h1-5,19H. The quantitative estimate of drug-likeness (QED) is 0.830. The van der Waals surface area contributed by atoms with Crippen LogP contribution in [0.1, 0.15) is 5.56 Å². The zero-order chi connectivity index (χ0) is 14.0. The molecule has 19 heavy (non-hydrogen) atoms. The Morgan fingerprint density at radius 2 is 1.79 bits per heavy atom. The minimum Gasteiger partial charge on any atom is -0.353 e. The highest BCUT2D eigenvalue weighted by Gasteiger charge is 2.13. The molecule has 0 fully saturated rings. The molecular formula is C13H6ClF3N2. The molecule has 2 nitrogen and oxygen atoms in total. The van der Waals surface area contributed by atoms with Crippen LogP contribution in [0.5, 0.6) is 0 Å². The van der Waals surface area contributed by atoms with Crippen molar-refractivity contribution in [1.82, 2.24) is 0 Å². The number of nitrogens with one attached hydrogen (secondary N) is 1. The Bertz CT molecular complexity index is 680.